The molecule has 0 saturated carbocycles. The smallest absolute Gasteiger partial charge is 0.237 e. The minimum atomic E-state index is -3.64. The van der Waals surface area contributed by atoms with E-state index in [1.54, 1.807) is 19.1 Å². The minimum Gasteiger partial charge on any atom is -0.494 e. The maximum absolute atomic E-state index is 13.9. The zero-order valence-corrected chi connectivity index (χ0v) is 14.9. The molecule has 0 aromatic heterocycles. The minimum absolute atomic E-state index is 0.130. The summed E-state index contributed by atoms with van der Waals surface area (Å²) in [6.07, 6.45) is 2.85. The first kappa shape index (κ1) is 17.6. The van der Waals surface area contributed by atoms with Crippen molar-refractivity contribution in [2.45, 2.75) is 25.8 Å². The van der Waals surface area contributed by atoms with Crippen molar-refractivity contribution in [3.63, 3.8) is 0 Å². The number of hydrogen-bond acceptors (Lipinski definition) is 3. The molecular formula is C19H20FNO3S. The molecule has 132 valence electrons. The lowest BCUT2D eigenvalue weighted by atomic mass is 9.98. The molecule has 0 radical (unpaired) electrons. The van der Waals surface area contributed by atoms with E-state index in [9.17, 15) is 12.8 Å². The van der Waals surface area contributed by atoms with E-state index in [0.29, 0.717) is 23.3 Å². The number of rotatable bonds is 5. The predicted octanol–water partition coefficient (Wildman–Crippen LogP) is 3.80. The summed E-state index contributed by atoms with van der Waals surface area (Å²) in [6.45, 7) is 1.69. The molecule has 3 rings (SSSR count). The molecule has 1 aliphatic rings. The van der Waals surface area contributed by atoms with Crippen LogP contribution in [0, 0.1) is 5.82 Å². The first-order valence-electron chi connectivity index (χ1n) is 8.05. The number of nitrogens with one attached hydrogen (secondary N) is 1. The first-order chi connectivity index (χ1) is 11.9. The second-order valence-corrected chi connectivity index (χ2v) is 7.81. The molecule has 6 heteroatoms. The van der Waals surface area contributed by atoms with Gasteiger partial charge < -0.3 is 4.74 Å². The van der Waals surface area contributed by atoms with Crippen molar-refractivity contribution in [3.8, 4) is 5.75 Å². The number of ether oxygens (including phenoxy) is 1. The molecule has 25 heavy (non-hydrogen) atoms. The molecule has 0 heterocycles. The van der Waals surface area contributed by atoms with Crippen molar-refractivity contribution < 1.29 is 17.5 Å². The topological polar surface area (TPSA) is 55.4 Å². The fraction of sp³-hybridized carbons (Fsp3) is 0.263. The molecule has 0 fully saturated rings. The van der Waals surface area contributed by atoms with Gasteiger partial charge in [-0.2, -0.15) is 0 Å². The van der Waals surface area contributed by atoms with Crippen LogP contribution in [0.3, 0.4) is 0 Å². The lowest BCUT2D eigenvalue weighted by molar-refractivity contribution is 0.386. The Bertz CT molecular complexity index is 922. The average molecular weight is 361 g/mol. The van der Waals surface area contributed by atoms with E-state index in [1.165, 1.54) is 19.2 Å². The molecule has 0 bridgehead atoms. The monoisotopic (exact) mass is 361 g/mol. The zero-order valence-electron chi connectivity index (χ0n) is 14.1. The Balaban J connectivity index is 1.82. The van der Waals surface area contributed by atoms with Gasteiger partial charge in [0.2, 0.25) is 10.0 Å². The number of halogens is 1. The van der Waals surface area contributed by atoms with Gasteiger partial charge in [-0.1, -0.05) is 30.3 Å². The predicted molar refractivity (Wildman–Crippen MR) is 96.2 cm³/mol. The first-order valence-corrected chi connectivity index (χ1v) is 9.53. The van der Waals surface area contributed by atoms with E-state index < -0.39 is 21.9 Å². The number of benzene rings is 2. The van der Waals surface area contributed by atoms with Crippen molar-refractivity contribution in [1.29, 1.82) is 0 Å². The summed E-state index contributed by atoms with van der Waals surface area (Å²) >= 11 is 0. The van der Waals surface area contributed by atoms with E-state index in [1.807, 2.05) is 24.3 Å². The van der Waals surface area contributed by atoms with Crippen molar-refractivity contribution in [3.05, 3.63) is 69.9 Å². The molecule has 1 N–H and O–H groups in total. The fourth-order valence-corrected chi connectivity index (χ4v) is 4.35. The van der Waals surface area contributed by atoms with Crippen molar-refractivity contribution in [2.24, 2.45) is 0 Å². The van der Waals surface area contributed by atoms with Crippen LogP contribution in [0.1, 0.15) is 36.1 Å². The number of allylic oxidation sites excluding steroid dienone is 1. The summed E-state index contributed by atoms with van der Waals surface area (Å²) in [5, 5.41) is 0. The molecule has 0 aliphatic heterocycles. The Morgan fingerprint density at radius 2 is 1.92 bits per heavy atom. The molecule has 4 nitrogen and oxygen atoms in total. The third-order valence-electron chi connectivity index (χ3n) is 4.37. The number of sulfonamides is 1. The molecule has 2 aromatic rings. The Morgan fingerprint density at radius 3 is 2.64 bits per heavy atom. The van der Waals surface area contributed by atoms with Crippen LogP contribution in [0.25, 0.3) is 6.08 Å². The number of hydrogen-bond donors (Lipinski definition) is 1. The molecule has 0 saturated heterocycles. The fourth-order valence-electron chi connectivity index (χ4n) is 2.95. The SMILES string of the molecule is COc1ccc(C(C)NS(=O)(=O)C2=Cc3ccccc3CC2)cc1F. The van der Waals surface area contributed by atoms with Crippen LogP contribution in [-0.4, -0.2) is 15.5 Å². The molecule has 0 amide bonds. The van der Waals surface area contributed by atoms with Gasteiger partial charge in [0.1, 0.15) is 0 Å². The van der Waals surface area contributed by atoms with Crippen LogP contribution < -0.4 is 9.46 Å². The summed E-state index contributed by atoms with van der Waals surface area (Å²) in [4.78, 5) is 0.354. The summed E-state index contributed by atoms with van der Waals surface area (Å²) in [5.74, 6) is -0.387. The van der Waals surface area contributed by atoms with E-state index in [0.717, 1.165) is 11.1 Å². The number of aryl methyl sites for hydroxylation is 1. The largest absolute Gasteiger partial charge is 0.494 e. The van der Waals surface area contributed by atoms with Crippen LogP contribution >= 0.6 is 0 Å². The molecule has 0 spiro atoms. The van der Waals surface area contributed by atoms with Crippen molar-refractivity contribution in [1.82, 2.24) is 4.72 Å². The lowest BCUT2D eigenvalue weighted by Crippen LogP contribution is -2.29. The van der Waals surface area contributed by atoms with E-state index in [4.69, 9.17) is 4.74 Å². The van der Waals surface area contributed by atoms with Crippen molar-refractivity contribution in [2.75, 3.05) is 7.11 Å². The van der Waals surface area contributed by atoms with Gasteiger partial charge in [0.25, 0.3) is 0 Å². The van der Waals surface area contributed by atoms with Crippen LogP contribution in [-0.2, 0) is 16.4 Å². The van der Waals surface area contributed by atoms with Gasteiger partial charge in [-0.05, 0) is 54.7 Å². The third kappa shape index (κ3) is 3.75. The van der Waals surface area contributed by atoms with Gasteiger partial charge in [-0.3, -0.25) is 0 Å². The Kier molecular flexibility index (Phi) is 4.92. The maximum Gasteiger partial charge on any atom is 0.237 e. The summed E-state index contributed by atoms with van der Waals surface area (Å²) in [6, 6.07) is 11.6. The van der Waals surface area contributed by atoms with Crippen LogP contribution in [0.15, 0.2) is 47.4 Å². The highest BCUT2D eigenvalue weighted by Gasteiger charge is 2.24. The van der Waals surface area contributed by atoms with Crippen LogP contribution in [0.4, 0.5) is 4.39 Å². The molecular weight excluding hydrogens is 341 g/mol. The van der Waals surface area contributed by atoms with Gasteiger partial charge in [-0.25, -0.2) is 17.5 Å². The number of fused-ring (bicyclic) bond motifs is 1. The highest BCUT2D eigenvalue weighted by atomic mass is 32.2. The van der Waals surface area contributed by atoms with Crippen LogP contribution in [0.2, 0.25) is 0 Å². The van der Waals surface area contributed by atoms with Gasteiger partial charge in [0, 0.05) is 6.04 Å². The summed E-state index contributed by atoms with van der Waals surface area (Å²) < 4.78 is 46.7. The Hall–Kier alpha value is -2.18. The van der Waals surface area contributed by atoms with E-state index >= 15 is 0 Å². The highest BCUT2D eigenvalue weighted by Crippen LogP contribution is 2.28. The van der Waals surface area contributed by atoms with Crippen LogP contribution in [0.5, 0.6) is 5.75 Å². The van der Waals surface area contributed by atoms with E-state index in [2.05, 4.69) is 4.72 Å². The third-order valence-corrected chi connectivity index (χ3v) is 6.04. The summed E-state index contributed by atoms with van der Waals surface area (Å²) in [7, 11) is -2.26. The Morgan fingerprint density at radius 1 is 1.16 bits per heavy atom. The molecule has 1 unspecified atom stereocenters. The Labute approximate surface area is 147 Å². The standard InChI is InChI=1S/C19H20FNO3S/c1-13(15-8-10-19(24-2)18(20)12-15)21-25(22,23)17-9-7-14-5-3-4-6-16(14)11-17/h3-6,8,10-13,21H,7,9H2,1-2H3. The van der Waals surface area contributed by atoms with Gasteiger partial charge in [-0.15, -0.1) is 0 Å². The van der Waals surface area contributed by atoms with Gasteiger partial charge in [0.05, 0.1) is 12.0 Å². The van der Waals surface area contributed by atoms with Crippen molar-refractivity contribution >= 4 is 16.1 Å². The lowest BCUT2D eigenvalue weighted by Gasteiger charge is -2.20. The average Bonchev–Trinajstić information content (AvgIpc) is 2.60. The number of methoxy groups -OCH3 is 1. The van der Waals surface area contributed by atoms with Gasteiger partial charge in [0.15, 0.2) is 11.6 Å². The van der Waals surface area contributed by atoms with E-state index in [-0.39, 0.29) is 5.75 Å². The van der Waals surface area contributed by atoms with Gasteiger partial charge >= 0.3 is 0 Å². The zero-order chi connectivity index (χ0) is 18.0. The molecule has 1 aliphatic carbocycles. The maximum atomic E-state index is 13.9. The molecule has 2 aromatic carbocycles. The normalized spacial score (nSPS) is 15.2. The summed E-state index contributed by atoms with van der Waals surface area (Å²) in [5.41, 5.74) is 2.61. The second kappa shape index (κ2) is 6.98. The molecule has 1 atom stereocenters. The quantitative estimate of drug-likeness (QED) is 0.881. The second-order valence-electron chi connectivity index (χ2n) is 6.05. The highest BCUT2D eigenvalue weighted by molar-refractivity contribution is 7.93.